The molecule has 1 saturated heterocycles. The molecular formula is C17H22N4O3. The van der Waals surface area contributed by atoms with Crippen molar-refractivity contribution in [1.29, 1.82) is 0 Å². The minimum Gasteiger partial charge on any atom is -0.467 e. The van der Waals surface area contributed by atoms with Crippen LogP contribution in [0.3, 0.4) is 0 Å². The lowest BCUT2D eigenvalue weighted by Crippen LogP contribution is -2.38. The lowest BCUT2D eigenvalue weighted by molar-refractivity contribution is -0.132. The van der Waals surface area contributed by atoms with Crippen molar-refractivity contribution in [3.63, 3.8) is 0 Å². The van der Waals surface area contributed by atoms with Gasteiger partial charge in [-0.25, -0.2) is 0 Å². The van der Waals surface area contributed by atoms with Crippen LogP contribution in [-0.2, 0) is 11.3 Å². The molecule has 1 aliphatic carbocycles. The van der Waals surface area contributed by atoms with Gasteiger partial charge in [-0.1, -0.05) is 5.16 Å². The van der Waals surface area contributed by atoms with Crippen molar-refractivity contribution in [1.82, 2.24) is 19.9 Å². The molecule has 2 aromatic rings. The maximum atomic E-state index is 12.5. The Hall–Kier alpha value is -2.15. The smallest absolute Gasteiger partial charge is 0.236 e. The average molecular weight is 330 g/mol. The van der Waals surface area contributed by atoms with E-state index in [2.05, 4.69) is 15.0 Å². The summed E-state index contributed by atoms with van der Waals surface area (Å²) in [6.45, 7) is 1.74. The molecule has 2 aliphatic rings. The minimum absolute atomic E-state index is 0.0733. The van der Waals surface area contributed by atoms with Crippen molar-refractivity contribution in [2.45, 2.75) is 44.2 Å². The van der Waals surface area contributed by atoms with Crippen LogP contribution in [0.25, 0.3) is 0 Å². The van der Waals surface area contributed by atoms with Gasteiger partial charge in [0.1, 0.15) is 5.76 Å². The SMILES string of the molecule is CN(Cc1ccco1)C(=O)CN1CCC[C@@H]1c1noc(C2CC2)n1. The van der Waals surface area contributed by atoms with Gasteiger partial charge in [0, 0.05) is 13.0 Å². The topological polar surface area (TPSA) is 75.6 Å². The molecule has 0 aromatic carbocycles. The number of carbonyl (C=O) groups excluding carboxylic acids is 1. The summed E-state index contributed by atoms with van der Waals surface area (Å²) in [5, 5.41) is 4.15. The lowest BCUT2D eigenvalue weighted by atomic mass is 10.2. The van der Waals surface area contributed by atoms with Crippen molar-refractivity contribution in [3.05, 3.63) is 35.9 Å². The second kappa shape index (κ2) is 6.39. The molecule has 0 unspecified atom stereocenters. The van der Waals surface area contributed by atoms with E-state index in [0.717, 1.165) is 49.7 Å². The maximum Gasteiger partial charge on any atom is 0.236 e. The average Bonchev–Trinajstić information content (AvgIpc) is 2.97. The third kappa shape index (κ3) is 3.21. The van der Waals surface area contributed by atoms with Gasteiger partial charge in [-0.3, -0.25) is 9.69 Å². The van der Waals surface area contributed by atoms with E-state index >= 15 is 0 Å². The van der Waals surface area contributed by atoms with Gasteiger partial charge in [-0.2, -0.15) is 4.98 Å². The molecule has 0 radical (unpaired) electrons. The number of rotatable bonds is 6. The standard InChI is InChI=1S/C17H22N4O3/c1-20(10-13-4-3-9-23-13)15(22)11-21-8-2-5-14(21)16-18-17(24-19-16)12-6-7-12/h3-4,9,12,14H,2,5-8,10-11H2,1H3/t14-/m1/s1. The molecule has 0 bridgehead atoms. The Morgan fingerprint density at radius 1 is 1.42 bits per heavy atom. The van der Waals surface area contributed by atoms with Crippen LogP contribution in [0.5, 0.6) is 0 Å². The first-order valence-electron chi connectivity index (χ1n) is 8.54. The van der Waals surface area contributed by atoms with E-state index in [4.69, 9.17) is 8.94 Å². The summed E-state index contributed by atoms with van der Waals surface area (Å²) in [6.07, 6.45) is 5.93. The Labute approximate surface area is 140 Å². The second-order valence-corrected chi connectivity index (χ2v) is 6.72. The second-order valence-electron chi connectivity index (χ2n) is 6.72. The van der Waals surface area contributed by atoms with Crippen molar-refractivity contribution < 1.29 is 13.7 Å². The lowest BCUT2D eigenvalue weighted by Gasteiger charge is -2.24. The fraction of sp³-hybridized carbons (Fsp3) is 0.588. The van der Waals surface area contributed by atoms with Crippen LogP contribution in [0, 0.1) is 0 Å². The number of hydrogen-bond acceptors (Lipinski definition) is 6. The van der Waals surface area contributed by atoms with Gasteiger partial charge in [-0.15, -0.1) is 0 Å². The summed E-state index contributed by atoms with van der Waals surface area (Å²) in [7, 11) is 1.80. The zero-order chi connectivity index (χ0) is 16.5. The molecular weight excluding hydrogens is 308 g/mol. The molecule has 3 heterocycles. The summed E-state index contributed by atoms with van der Waals surface area (Å²) < 4.78 is 10.7. The number of aromatic nitrogens is 2. The van der Waals surface area contributed by atoms with E-state index in [0.29, 0.717) is 19.0 Å². The third-order valence-electron chi connectivity index (χ3n) is 4.78. The molecule has 128 valence electrons. The first-order valence-corrected chi connectivity index (χ1v) is 8.54. The molecule has 2 fully saturated rings. The van der Waals surface area contributed by atoms with Crippen LogP contribution in [0.1, 0.15) is 55.1 Å². The Morgan fingerprint density at radius 3 is 3.04 bits per heavy atom. The summed E-state index contributed by atoms with van der Waals surface area (Å²) >= 11 is 0. The van der Waals surface area contributed by atoms with Gasteiger partial charge < -0.3 is 13.8 Å². The predicted octanol–water partition coefficient (Wildman–Crippen LogP) is 2.34. The fourth-order valence-electron chi connectivity index (χ4n) is 3.21. The number of amides is 1. The molecule has 1 amide bonds. The molecule has 0 spiro atoms. The highest BCUT2D eigenvalue weighted by Gasteiger charge is 2.35. The zero-order valence-electron chi connectivity index (χ0n) is 13.9. The van der Waals surface area contributed by atoms with Gasteiger partial charge >= 0.3 is 0 Å². The Bertz CT molecular complexity index is 693. The molecule has 7 nitrogen and oxygen atoms in total. The molecule has 2 aromatic heterocycles. The van der Waals surface area contributed by atoms with Crippen LogP contribution in [0.2, 0.25) is 0 Å². The predicted molar refractivity (Wildman–Crippen MR) is 85.0 cm³/mol. The number of carbonyl (C=O) groups is 1. The zero-order valence-corrected chi connectivity index (χ0v) is 13.9. The first kappa shape index (κ1) is 15.4. The molecule has 7 heteroatoms. The maximum absolute atomic E-state index is 12.5. The van der Waals surface area contributed by atoms with Crippen molar-refractivity contribution in [2.24, 2.45) is 0 Å². The number of likely N-dealkylation sites (N-methyl/N-ethyl adjacent to an activating group) is 1. The minimum atomic E-state index is 0.0733. The van der Waals surface area contributed by atoms with E-state index in [9.17, 15) is 4.79 Å². The van der Waals surface area contributed by atoms with Gasteiger partial charge in [0.2, 0.25) is 11.8 Å². The highest BCUT2D eigenvalue weighted by Crippen LogP contribution is 2.40. The molecule has 4 rings (SSSR count). The Kier molecular flexibility index (Phi) is 4.10. The van der Waals surface area contributed by atoms with Crippen molar-refractivity contribution in [3.8, 4) is 0 Å². The number of hydrogen-bond donors (Lipinski definition) is 0. The highest BCUT2D eigenvalue weighted by atomic mass is 16.5. The summed E-state index contributed by atoms with van der Waals surface area (Å²) in [5.74, 6) is 2.82. The van der Waals surface area contributed by atoms with E-state index in [-0.39, 0.29) is 11.9 Å². The number of nitrogens with zero attached hydrogens (tertiary/aromatic N) is 4. The van der Waals surface area contributed by atoms with Gasteiger partial charge in [-0.05, 0) is 44.4 Å². The van der Waals surface area contributed by atoms with Gasteiger partial charge in [0.05, 0.1) is 25.4 Å². The first-order chi connectivity index (χ1) is 11.7. The van der Waals surface area contributed by atoms with Gasteiger partial charge in [0.25, 0.3) is 0 Å². The third-order valence-corrected chi connectivity index (χ3v) is 4.78. The van der Waals surface area contributed by atoms with E-state index in [1.165, 1.54) is 0 Å². The number of furan rings is 1. The van der Waals surface area contributed by atoms with E-state index < -0.39 is 0 Å². The van der Waals surface area contributed by atoms with Gasteiger partial charge in [0.15, 0.2) is 5.82 Å². The monoisotopic (exact) mass is 330 g/mol. The van der Waals surface area contributed by atoms with Crippen molar-refractivity contribution >= 4 is 5.91 Å². The fourth-order valence-corrected chi connectivity index (χ4v) is 3.21. The Balaban J connectivity index is 1.38. The van der Waals surface area contributed by atoms with Crippen LogP contribution in [0.4, 0.5) is 0 Å². The van der Waals surface area contributed by atoms with Crippen LogP contribution < -0.4 is 0 Å². The van der Waals surface area contributed by atoms with Crippen LogP contribution in [0.15, 0.2) is 27.3 Å². The molecule has 1 atom stereocenters. The quantitative estimate of drug-likeness (QED) is 0.809. The highest BCUT2D eigenvalue weighted by molar-refractivity contribution is 5.78. The Morgan fingerprint density at radius 2 is 2.29 bits per heavy atom. The van der Waals surface area contributed by atoms with Crippen LogP contribution in [-0.4, -0.2) is 46.0 Å². The summed E-state index contributed by atoms with van der Waals surface area (Å²) in [5.41, 5.74) is 0. The van der Waals surface area contributed by atoms with Crippen LogP contribution >= 0.6 is 0 Å². The molecule has 1 saturated carbocycles. The van der Waals surface area contributed by atoms with Crippen molar-refractivity contribution in [2.75, 3.05) is 20.1 Å². The molecule has 0 N–H and O–H groups in total. The number of likely N-dealkylation sites (tertiary alicyclic amines) is 1. The largest absolute Gasteiger partial charge is 0.467 e. The normalized spacial score (nSPS) is 21.3. The molecule has 24 heavy (non-hydrogen) atoms. The van der Waals surface area contributed by atoms with E-state index in [1.807, 2.05) is 12.1 Å². The summed E-state index contributed by atoms with van der Waals surface area (Å²) in [4.78, 5) is 20.9. The molecule has 1 aliphatic heterocycles. The van der Waals surface area contributed by atoms with E-state index in [1.54, 1.807) is 18.2 Å². The summed E-state index contributed by atoms with van der Waals surface area (Å²) in [6, 6.07) is 3.79.